The van der Waals surface area contributed by atoms with Crippen LogP contribution in [0.15, 0.2) is 24.7 Å². The number of aromatic nitrogens is 3. The second-order valence-corrected chi connectivity index (χ2v) is 3.18. The average Bonchev–Trinajstić information content (AvgIpc) is 2.21. The van der Waals surface area contributed by atoms with E-state index in [4.69, 9.17) is 0 Å². The van der Waals surface area contributed by atoms with Crippen molar-refractivity contribution in [2.75, 3.05) is 0 Å². The highest BCUT2D eigenvalue weighted by atomic mass is 14.8. The molecule has 3 heteroatoms. The molecule has 1 radical (unpaired) electrons. The molecule has 0 aliphatic heterocycles. The van der Waals surface area contributed by atoms with Crippen LogP contribution in [-0.2, 0) is 0 Å². The van der Waals surface area contributed by atoms with Gasteiger partial charge in [0.25, 0.3) is 0 Å². The molecule has 0 atom stereocenters. The third-order valence-electron chi connectivity index (χ3n) is 1.86. The molecule has 0 amide bonds. The molecule has 0 fully saturated rings. The maximum atomic E-state index is 4.22. The summed E-state index contributed by atoms with van der Waals surface area (Å²) in [5.74, 6) is 0. The zero-order valence-electron chi connectivity index (χ0n) is 8.15. The minimum Gasteiger partial charge on any atom is -0.258 e. The standard InChI is InChI=1S/C11H10N3/c1-8-3-4-10(13-5-8)11-7-12-9(2)6-14-11/h3,5-7H,1-2H3. The maximum absolute atomic E-state index is 4.22. The molecule has 3 nitrogen and oxygen atoms in total. The highest BCUT2D eigenvalue weighted by Crippen LogP contribution is 2.11. The van der Waals surface area contributed by atoms with Gasteiger partial charge in [-0.05, 0) is 25.5 Å². The van der Waals surface area contributed by atoms with Crippen molar-refractivity contribution in [2.45, 2.75) is 13.8 Å². The van der Waals surface area contributed by atoms with Crippen LogP contribution in [0.4, 0.5) is 0 Å². The molecule has 0 saturated heterocycles. The SMILES string of the molecule is Cc1c[c]c(-c2cnc(C)cn2)nc1. The molecule has 69 valence electrons. The monoisotopic (exact) mass is 184 g/mol. The normalized spacial score (nSPS) is 10.1. The van der Waals surface area contributed by atoms with Crippen LogP contribution in [0.5, 0.6) is 0 Å². The van der Waals surface area contributed by atoms with Crippen molar-refractivity contribution in [3.05, 3.63) is 42.0 Å². The molecule has 0 bridgehead atoms. The van der Waals surface area contributed by atoms with Crippen molar-refractivity contribution in [1.29, 1.82) is 0 Å². The molecule has 0 spiro atoms. The summed E-state index contributed by atoms with van der Waals surface area (Å²) < 4.78 is 0. The number of aryl methyl sites for hydroxylation is 2. The predicted octanol–water partition coefficient (Wildman–Crippen LogP) is 1.96. The van der Waals surface area contributed by atoms with Crippen LogP contribution < -0.4 is 0 Å². The highest BCUT2D eigenvalue weighted by molar-refractivity contribution is 5.51. The largest absolute Gasteiger partial charge is 0.258 e. The predicted molar refractivity (Wildman–Crippen MR) is 53.6 cm³/mol. The summed E-state index contributed by atoms with van der Waals surface area (Å²) in [7, 11) is 0. The van der Waals surface area contributed by atoms with Crippen LogP contribution >= 0.6 is 0 Å². The number of hydrogen-bond donors (Lipinski definition) is 0. The van der Waals surface area contributed by atoms with E-state index >= 15 is 0 Å². The van der Waals surface area contributed by atoms with Gasteiger partial charge in [0.05, 0.1) is 17.6 Å². The molecule has 0 aliphatic rings. The number of pyridine rings is 1. The van der Waals surface area contributed by atoms with Gasteiger partial charge < -0.3 is 0 Å². The minimum absolute atomic E-state index is 0.739. The van der Waals surface area contributed by atoms with Crippen molar-refractivity contribution in [3.63, 3.8) is 0 Å². The average molecular weight is 184 g/mol. The van der Waals surface area contributed by atoms with Crippen molar-refractivity contribution >= 4 is 0 Å². The van der Waals surface area contributed by atoms with Gasteiger partial charge in [0.1, 0.15) is 5.69 Å². The molecule has 0 unspecified atom stereocenters. The molecule has 0 N–H and O–H groups in total. The summed E-state index contributed by atoms with van der Waals surface area (Å²) in [5.41, 5.74) is 3.49. The lowest BCUT2D eigenvalue weighted by Gasteiger charge is -1.99. The lowest BCUT2D eigenvalue weighted by molar-refractivity contribution is 1.10. The molecule has 14 heavy (non-hydrogen) atoms. The third-order valence-corrected chi connectivity index (χ3v) is 1.86. The quantitative estimate of drug-likeness (QED) is 0.680. The van der Waals surface area contributed by atoms with E-state index < -0.39 is 0 Å². The van der Waals surface area contributed by atoms with Gasteiger partial charge in [0, 0.05) is 18.5 Å². The van der Waals surface area contributed by atoms with E-state index in [0.717, 1.165) is 22.6 Å². The molecule has 0 aliphatic carbocycles. The van der Waals surface area contributed by atoms with E-state index in [1.807, 2.05) is 19.9 Å². The van der Waals surface area contributed by atoms with E-state index in [1.54, 1.807) is 18.6 Å². The Kier molecular flexibility index (Phi) is 2.23. The summed E-state index contributed by atoms with van der Waals surface area (Å²) in [6.07, 6.45) is 5.24. The van der Waals surface area contributed by atoms with E-state index in [2.05, 4.69) is 21.0 Å². The third kappa shape index (κ3) is 1.76. The first kappa shape index (κ1) is 8.81. The van der Waals surface area contributed by atoms with Gasteiger partial charge in [-0.1, -0.05) is 0 Å². The summed E-state index contributed by atoms with van der Waals surface area (Å²) in [5, 5.41) is 0. The topological polar surface area (TPSA) is 38.7 Å². The molecule has 0 aromatic carbocycles. The van der Waals surface area contributed by atoms with E-state index in [9.17, 15) is 0 Å². The zero-order chi connectivity index (χ0) is 9.97. The van der Waals surface area contributed by atoms with Gasteiger partial charge >= 0.3 is 0 Å². The van der Waals surface area contributed by atoms with E-state index in [0.29, 0.717) is 0 Å². The Balaban J connectivity index is 2.40. The second-order valence-electron chi connectivity index (χ2n) is 3.18. The summed E-state index contributed by atoms with van der Waals surface area (Å²) in [4.78, 5) is 12.6. The molecule has 2 heterocycles. The van der Waals surface area contributed by atoms with E-state index in [1.165, 1.54) is 0 Å². The molecule has 0 saturated carbocycles. The van der Waals surface area contributed by atoms with E-state index in [-0.39, 0.29) is 0 Å². The van der Waals surface area contributed by atoms with Gasteiger partial charge in [-0.25, -0.2) is 0 Å². The first-order chi connectivity index (χ1) is 6.75. The number of hydrogen-bond acceptors (Lipinski definition) is 3. The zero-order valence-corrected chi connectivity index (χ0v) is 8.15. The van der Waals surface area contributed by atoms with Crippen LogP contribution in [0.2, 0.25) is 0 Å². The Morgan fingerprint density at radius 3 is 2.43 bits per heavy atom. The van der Waals surface area contributed by atoms with Crippen LogP contribution in [0.1, 0.15) is 11.3 Å². The molecular weight excluding hydrogens is 174 g/mol. The van der Waals surface area contributed by atoms with Gasteiger partial charge in [-0.3, -0.25) is 15.0 Å². The van der Waals surface area contributed by atoms with Crippen LogP contribution in [-0.4, -0.2) is 15.0 Å². The van der Waals surface area contributed by atoms with Crippen LogP contribution in [0, 0.1) is 19.9 Å². The second kappa shape index (κ2) is 3.54. The van der Waals surface area contributed by atoms with Gasteiger partial charge in [-0.2, -0.15) is 0 Å². The molecular formula is C11H10N3. The van der Waals surface area contributed by atoms with Crippen molar-refractivity contribution in [1.82, 2.24) is 15.0 Å². The maximum Gasteiger partial charge on any atom is 0.108 e. The molecule has 2 rings (SSSR count). The smallest absolute Gasteiger partial charge is 0.108 e. The van der Waals surface area contributed by atoms with Crippen molar-refractivity contribution in [3.8, 4) is 11.4 Å². The highest BCUT2D eigenvalue weighted by Gasteiger charge is 2.00. The van der Waals surface area contributed by atoms with Gasteiger partial charge in [-0.15, -0.1) is 0 Å². The fourth-order valence-corrected chi connectivity index (χ4v) is 1.08. The number of rotatable bonds is 1. The Hall–Kier alpha value is -1.77. The van der Waals surface area contributed by atoms with Crippen LogP contribution in [0.3, 0.4) is 0 Å². The minimum atomic E-state index is 0.739. The Labute approximate surface area is 82.9 Å². The summed E-state index contributed by atoms with van der Waals surface area (Å²) in [6.45, 7) is 3.89. The van der Waals surface area contributed by atoms with Gasteiger partial charge in [0.15, 0.2) is 0 Å². The fraction of sp³-hybridized carbons (Fsp3) is 0.182. The first-order valence-corrected chi connectivity index (χ1v) is 4.39. The van der Waals surface area contributed by atoms with Gasteiger partial charge in [0.2, 0.25) is 0 Å². The Morgan fingerprint density at radius 2 is 1.86 bits per heavy atom. The fourth-order valence-electron chi connectivity index (χ4n) is 1.08. The van der Waals surface area contributed by atoms with Crippen LogP contribution in [0.25, 0.3) is 11.4 Å². The Bertz CT molecular complexity index is 374. The molecule has 2 aromatic heterocycles. The molecule has 2 aromatic rings. The summed E-state index contributed by atoms with van der Waals surface area (Å²) in [6, 6.07) is 4.95. The summed E-state index contributed by atoms with van der Waals surface area (Å²) >= 11 is 0. The lowest BCUT2D eigenvalue weighted by atomic mass is 10.2. The van der Waals surface area contributed by atoms with Crippen molar-refractivity contribution in [2.24, 2.45) is 0 Å². The Morgan fingerprint density at radius 1 is 1.00 bits per heavy atom. The van der Waals surface area contributed by atoms with Crippen molar-refractivity contribution < 1.29 is 0 Å². The number of nitrogens with zero attached hydrogens (tertiary/aromatic N) is 3. The lowest BCUT2D eigenvalue weighted by Crippen LogP contribution is -1.90. The first-order valence-electron chi connectivity index (χ1n) is 4.39.